The third kappa shape index (κ3) is 10.1. The van der Waals surface area contributed by atoms with Crippen molar-refractivity contribution in [2.24, 2.45) is 0 Å². The zero-order valence-corrected chi connectivity index (χ0v) is 37.3. The van der Waals surface area contributed by atoms with E-state index >= 15 is 0 Å². The second-order valence-corrected chi connectivity index (χ2v) is 23.4. The number of hydrogen-bond acceptors (Lipinski definition) is 2. The topological polar surface area (TPSA) is 6.48 Å². The van der Waals surface area contributed by atoms with Crippen molar-refractivity contribution in [3.63, 3.8) is 0 Å². The average Bonchev–Trinajstić information content (AvgIpc) is 3.26. The fourth-order valence-corrected chi connectivity index (χ4v) is 18.8. The smallest absolute Gasteiger partial charge is 0.0440 e. The Bertz CT molecular complexity index is 1610. The van der Waals surface area contributed by atoms with Crippen LogP contribution in [0.4, 0.5) is 11.4 Å². The Morgan fingerprint density at radius 1 is 0.321 bits per heavy atom. The quantitative estimate of drug-likeness (QED) is 0.148. The first kappa shape index (κ1) is 41.5. The molecule has 0 atom stereocenters. The van der Waals surface area contributed by atoms with Crippen LogP contribution in [-0.2, 0) is 0 Å². The fourth-order valence-electron chi connectivity index (χ4n) is 10.9. The molecule has 4 heteroatoms. The number of rotatable bonds is 10. The lowest BCUT2D eigenvalue weighted by molar-refractivity contribution is 0.487. The van der Waals surface area contributed by atoms with E-state index in [0.717, 1.165) is 22.6 Å². The van der Waals surface area contributed by atoms with Gasteiger partial charge in [-0.2, -0.15) is 0 Å². The van der Waals surface area contributed by atoms with Crippen molar-refractivity contribution in [2.75, 3.05) is 38.0 Å². The normalized spacial score (nSPS) is 19.1. The molecule has 0 saturated heterocycles. The van der Waals surface area contributed by atoms with Crippen LogP contribution in [0.5, 0.6) is 0 Å². The molecule has 0 aliphatic heterocycles. The van der Waals surface area contributed by atoms with Crippen LogP contribution in [0.15, 0.2) is 97.1 Å². The molecule has 4 saturated carbocycles. The third-order valence-corrected chi connectivity index (χ3v) is 20.7. The van der Waals surface area contributed by atoms with Gasteiger partial charge in [0.15, 0.2) is 0 Å². The van der Waals surface area contributed by atoms with E-state index in [4.69, 9.17) is 0 Å². The highest BCUT2D eigenvalue weighted by Crippen LogP contribution is 2.58. The van der Waals surface area contributed by atoms with Crippen LogP contribution in [0.2, 0.25) is 0 Å². The summed E-state index contributed by atoms with van der Waals surface area (Å²) in [5, 5.41) is 3.40. The Kier molecular flexibility index (Phi) is 15.5. The summed E-state index contributed by atoms with van der Waals surface area (Å²) in [7, 11) is 8.52. The van der Waals surface area contributed by atoms with Crippen LogP contribution in [0.3, 0.4) is 0 Å². The first-order chi connectivity index (χ1) is 27.5. The molecule has 4 aliphatic rings. The van der Waals surface area contributed by atoms with Gasteiger partial charge in [0.25, 0.3) is 0 Å². The van der Waals surface area contributed by atoms with Gasteiger partial charge >= 0.3 is 0 Å². The van der Waals surface area contributed by atoms with Crippen LogP contribution in [-0.4, -0.2) is 50.8 Å². The van der Waals surface area contributed by atoms with Gasteiger partial charge in [-0.15, -0.1) is 0 Å². The summed E-state index contributed by atoms with van der Waals surface area (Å²) in [6, 6.07) is 36.9. The van der Waals surface area contributed by atoms with Gasteiger partial charge < -0.3 is 9.80 Å². The molecule has 0 N–H and O–H groups in total. The van der Waals surface area contributed by atoms with Gasteiger partial charge in [-0.1, -0.05) is 178 Å². The lowest BCUT2D eigenvalue weighted by Crippen LogP contribution is -2.27. The van der Waals surface area contributed by atoms with Crippen molar-refractivity contribution in [3.8, 4) is 22.3 Å². The molecule has 0 unspecified atom stereocenters. The predicted molar refractivity (Wildman–Crippen MR) is 253 cm³/mol. The van der Waals surface area contributed by atoms with Gasteiger partial charge in [-0.3, -0.25) is 0 Å². The minimum atomic E-state index is -0.0867. The molecule has 0 radical (unpaired) electrons. The van der Waals surface area contributed by atoms with Gasteiger partial charge in [0.1, 0.15) is 0 Å². The second kappa shape index (κ2) is 20.9. The summed E-state index contributed by atoms with van der Waals surface area (Å²) in [4.78, 5) is 4.55. The van der Waals surface area contributed by atoms with Crippen molar-refractivity contribution in [2.45, 2.75) is 151 Å². The number of hydrogen-bond donors (Lipinski definition) is 0. The Morgan fingerprint density at radius 2 is 0.571 bits per heavy atom. The van der Waals surface area contributed by atoms with Crippen molar-refractivity contribution in [3.05, 3.63) is 97.1 Å². The predicted octanol–water partition coefficient (Wildman–Crippen LogP) is 14.4. The number of nitrogens with zero attached hydrogens (tertiary/aromatic N) is 2. The summed E-state index contributed by atoms with van der Waals surface area (Å²) in [5.41, 5.74) is 12.3. The highest BCUT2D eigenvalue weighted by atomic mass is 31.1. The molecule has 0 aromatic heterocycles. The lowest BCUT2D eigenvalue weighted by atomic mass is 9.99. The van der Waals surface area contributed by atoms with E-state index < -0.39 is 0 Å². The summed E-state index contributed by atoms with van der Waals surface area (Å²) in [6.45, 7) is 0. The van der Waals surface area contributed by atoms with Gasteiger partial charge in [-0.25, -0.2) is 0 Å². The minimum absolute atomic E-state index is 0.0867. The molecule has 4 aromatic rings. The average molecular weight is 787 g/mol. The number of benzene rings is 4. The maximum absolute atomic E-state index is 2.50. The molecule has 0 heterocycles. The zero-order chi connectivity index (χ0) is 38.7. The van der Waals surface area contributed by atoms with E-state index in [1.165, 1.54) is 162 Å². The SMILES string of the molecule is CN(C)c1ccccc1-c1ccccc1P(C1CCCCC1)C1CCCCC1.CN(C)c1ccccc1-c1ccccc1P(C1CCCCC1)C1CCCCC1. The molecule has 4 aliphatic carbocycles. The lowest BCUT2D eigenvalue weighted by Gasteiger charge is -2.39. The molecule has 300 valence electrons. The zero-order valence-electron chi connectivity index (χ0n) is 35.5. The Hall–Kier alpha value is -2.66. The van der Waals surface area contributed by atoms with E-state index in [1.807, 2.05) is 0 Å². The van der Waals surface area contributed by atoms with Gasteiger partial charge in [0, 0.05) is 50.7 Å². The van der Waals surface area contributed by atoms with Crippen LogP contribution >= 0.6 is 15.8 Å². The molecule has 0 bridgehead atoms. The first-order valence-corrected chi connectivity index (χ1v) is 25.8. The van der Waals surface area contributed by atoms with E-state index in [2.05, 4.69) is 135 Å². The highest BCUT2D eigenvalue weighted by molar-refractivity contribution is 7.67. The van der Waals surface area contributed by atoms with Crippen LogP contribution in [0.1, 0.15) is 128 Å². The van der Waals surface area contributed by atoms with Crippen molar-refractivity contribution in [1.82, 2.24) is 0 Å². The standard InChI is InChI=1S/2C26H36NP/c2*1-27(2)25-19-11-9-17-23(25)24-18-10-12-20-26(24)28(21-13-5-3-6-14-21)22-15-7-4-8-16-22/h2*9-12,17-22H,3-8,13-16H2,1-2H3. The molecule has 0 spiro atoms. The monoisotopic (exact) mass is 787 g/mol. The fraction of sp³-hybridized carbons (Fsp3) is 0.538. The van der Waals surface area contributed by atoms with E-state index in [0.29, 0.717) is 0 Å². The maximum atomic E-state index is 2.50. The molecule has 56 heavy (non-hydrogen) atoms. The third-order valence-electron chi connectivity index (χ3n) is 13.6. The van der Waals surface area contributed by atoms with Crippen LogP contribution in [0.25, 0.3) is 22.3 Å². The summed E-state index contributed by atoms with van der Waals surface area (Å²) in [6.07, 6.45) is 29.1. The molecule has 0 amide bonds. The summed E-state index contributed by atoms with van der Waals surface area (Å²) >= 11 is 0. The molecular weight excluding hydrogens is 715 g/mol. The van der Waals surface area contributed by atoms with E-state index in [-0.39, 0.29) is 15.8 Å². The van der Waals surface area contributed by atoms with Gasteiger partial charge in [-0.05, 0) is 108 Å². The highest BCUT2D eigenvalue weighted by Gasteiger charge is 2.35. The van der Waals surface area contributed by atoms with E-state index in [1.54, 1.807) is 10.6 Å². The van der Waals surface area contributed by atoms with Crippen LogP contribution < -0.4 is 20.4 Å². The minimum Gasteiger partial charge on any atom is -0.377 e. The molecular formula is C52H72N2P2. The largest absolute Gasteiger partial charge is 0.377 e. The molecule has 4 fully saturated rings. The van der Waals surface area contributed by atoms with Crippen molar-refractivity contribution >= 4 is 37.8 Å². The Balaban J connectivity index is 0.000000172. The molecule has 2 nitrogen and oxygen atoms in total. The molecule has 8 rings (SSSR count). The van der Waals surface area contributed by atoms with Gasteiger partial charge in [0.2, 0.25) is 0 Å². The van der Waals surface area contributed by atoms with E-state index in [9.17, 15) is 0 Å². The van der Waals surface area contributed by atoms with Gasteiger partial charge in [0.05, 0.1) is 0 Å². The Morgan fingerprint density at radius 3 is 0.857 bits per heavy atom. The first-order valence-electron chi connectivity index (χ1n) is 22.8. The summed E-state index contributed by atoms with van der Waals surface area (Å²) < 4.78 is 0. The molecule has 4 aromatic carbocycles. The maximum Gasteiger partial charge on any atom is 0.0440 e. The van der Waals surface area contributed by atoms with Crippen LogP contribution in [0, 0.1) is 0 Å². The second-order valence-electron chi connectivity index (χ2n) is 17.8. The van der Waals surface area contributed by atoms with Crippen molar-refractivity contribution < 1.29 is 0 Å². The number of anilines is 2. The summed E-state index contributed by atoms with van der Waals surface area (Å²) in [5.74, 6) is 0. The number of para-hydroxylation sites is 2. The Labute approximate surface area is 344 Å². The van der Waals surface area contributed by atoms with Crippen molar-refractivity contribution in [1.29, 1.82) is 0 Å².